The molecule has 0 bridgehead atoms. The Balaban J connectivity index is 1.28. The first-order valence-corrected chi connectivity index (χ1v) is 9.70. The molecule has 1 saturated heterocycles. The van der Waals surface area contributed by atoms with Crippen molar-refractivity contribution in [2.24, 2.45) is 0 Å². The van der Waals surface area contributed by atoms with Crippen LogP contribution in [-0.4, -0.2) is 61.6 Å². The maximum absolute atomic E-state index is 11.9. The molecule has 1 aliphatic rings. The van der Waals surface area contributed by atoms with Crippen molar-refractivity contribution in [1.82, 2.24) is 15.1 Å². The van der Waals surface area contributed by atoms with Gasteiger partial charge in [-0.3, -0.25) is 14.6 Å². The van der Waals surface area contributed by atoms with E-state index in [1.54, 1.807) is 24.3 Å². The number of piperazine rings is 1. The molecule has 0 aromatic heterocycles. The van der Waals surface area contributed by atoms with Crippen LogP contribution in [0.3, 0.4) is 0 Å². The molecule has 2 aromatic rings. The lowest BCUT2D eigenvalue weighted by molar-refractivity contribution is -0.123. The standard InChI is InChI=1S/C21H26ClN3O2/c22-19-7-4-8-20(15-19)27-17-21(26)23-9-10-24-11-13-25(14-12-24)16-18-5-2-1-3-6-18/h1-8,15H,9-14,16-17H2,(H,23,26). The molecule has 1 N–H and O–H groups in total. The summed E-state index contributed by atoms with van der Waals surface area (Å²) in [7, 11) is 0. The summed E-state index contributed by atoms with van der Waals surface area (Å²) >= 11 is 5.90. The van der Waals surface area contributed by atoms with E-state index in [9.17, 15) is 4.79 Å². The molecule has 0 radical (unpaired) electrons. The van der Waals surface area contributed by atoms with Gasteiger partial charge in [-0.25, -0.2) is 0 Å². The second-order valence-electron chi connectivity index (χ2n) is 6.70. The first-order valence-electron chi connectivity index (χ1n) is 9.33. The van der Waals surface area contributed by atoms with E-state index < -0.39 is 0 Å². The van der Waals surface area contributed by atoms with Gasteiger partial charge in [0.2, 0.25) is 0 Å². The zero-order valence-electron chi connectivity index (χ0n) is 15.4. The number of hydrogen-bond acceptors (Lipinski definition) is 4. The second-order valence-corrected chi connectivity index (χ2v) is 7.14. The Morgan fingerprint density at radius 3 is 2.48 bits per heavy atom. The number of halogens is 1. The molecule has 0 aliphatic carbocycles. The topological polar surface area (TPSA) is 44.8 Å². The Labute approximate surface area is 165 Å². The van der Waals surface area contributed by atoms with E-state index in [1.807, 2.05) is 0 Å². The number of amides is 1. The number of rotatable bonds is 8. The van der Waals surface area contributed by atoms with Crippen molar-refractivity contribution in [1.29, 1.82) is 0 Å². The second kappa shape index (κ2) is 10.3. The molecule has 144 valence electrons. The van der Waals surface area contributed by atoms with E-state index in [-0.39, 0.29) is 12.5 Å². The van der Waals surface area contributed by atoms with Gasteiger partial charge in [0.05, 0.1) is 0 Å². The Morgan fingerprint density at radius 2 is 1.74 bits per heavy atom. The molecular weight excluding hydrogens is 362 g/mol. The summed E-state index contributed by atoms with van der Waals surface area (Å²) in [4.78, 5) is 16.8. The number of carbonyl (C=O) groups is 1. The molecule has 5 nitrogen and oxygen atoms in total. The highest BCUT2D eigenvalue weighted by Gasteiger charge is 2.16. The summed E-state index contributed by atoms with van der Waals surface area (Å²) < 4.78 is 5.45. The van der Waals surface area contributed by atoms with Crippen molar-refractivity contribution in [3.05, 3.63) is 65.2 Å². The van der Waals surface area contributed by atoms with Crippen LogP contribution in [0.25, 0.3) is 0 Å². The van der Waals surface area contributed by atoms with E-state index >= 15 is 0 Å². The van der Waals surface area contributed by atoms with Crippen molar-refractivity contribution in [2.45, 2.75) is 6.54 Å². The first-order chi connectivity index (χ1) is 13.2. The minimum absolute atomic E-state index is 0.00515. The molecule has 3 rings (SSSR count). The van der Waals surface area contributed by atoms with Crippen molar-refractivity contribution in [3.63, 3.8) is 0 Å². The zero-order valence-corrected chi connectivity index (χ0v) is 16.2. The molecule has 1 aliphatic heterocycles. The van der Waals surface area contributed by atoms with Crippen molar-refractivity contribution >= 4 is 17.5 Å². The van der Waals surface area contributed by atoms with E-state index in [2.05, 4.69) is 45.4 Å². The molecule has 0 atom stereocenters. The summed E-state index contributed by atoms with van der Waals surface area (Å²) in [5.41, 5.74) is 1.36. The average Bonchev–Trinajstić information content (AvgIpc) is 2.69. The molecule has 2 aromatic carbocycles. The van der Waals surface area contributed by atoms with Gasteiger partial charge in [0.15, 0.2) is 6.61 Å². The predicted molar refractivity (Wildman–Crippen MR) is 108 cm³/mol. The monoisotopic (exact) mass is 387 g/mol. The van der Waals surface area contributed by atoms with Crippen molar-refractivity contribution < 1.29 is 9.53 Å². The molecule has 27 heavy (non-hydrogen) atoms. The molecular formula is C21H26ClN3O2. The fraction of sp³-hybridized carbons (Fsp3) is 0.381. The molecule has 0 unspecified atom stereocenters. The molecule has 0 saturated carbocycles. The zero-order chi connectivity index (χ0) is 18.9. The van der Waals surface area contributed by atoms with Crippen molar-refractivity contribution in [2.75, 3.05) is 45.9 Å². The lowest BCUT2D eigenvalue weighted by atomic mass is 10.2. The minimum Gasteiger partial charge on any atom is -0.484 e. The van der Waals surface area contributed by atoms with Gasteiger partial charge in [-0.1, -0.05) is 48.0 Å². The van der Waals surface area contributed by atoms with Crippen LogP contribution < -0.4 is 10.1 Å². The summed E-state index contributed by atoms with van der Waals surface area (Å²) in [5.74, 6) is 0.491. The number of ether oxygens (including phenoxy) is 1. The third kappa shape index (κ3) is 6.86. The Kier molecular flexibility index (Phi) is 7.51. The summed E-state index contributed by atoms with van der Waals surface area (Å²) in [6, 6.07) is 17.6. The number of benzene rings is 2. The predicted octanol–water partition coefficient (Wildman–Crippen LogP) is 2.65. The third-order valence-electron chi connectivity index (χ3n) is 4.63. The van der Waals surface area contributed by atoms with Gasteiger partial charge in [0.1, 0.15) is 5.75 Å². The summed E-state index contributed by atoms with van der Waals surface area (Å²) in [6.07, 6.45) is 0. The highest BCUT2D eigenvalue weighted by atomic mass is 35.5. The van der Waals surface area contributed by atoms with E-state index in [4.69, 9.17) is 16.3 Å². The average molecular weight is 388 g/mol. The maximum atomic E-state index is 11.9. The van der Waals surface area contributed by atoms with Gasteiger partial charge in [-0.15, -0.1) is 0 Å². The minimum atomic E-state index is -0.113. The molecule has 1 fully saturated rings. The Morgan fingerprint density at radius 1 is 1.00 bits per heavy atom. The number of carbonyl (C=O) groups excluding carboxylic acids is 1. The fourth-order valence-electron chi connectivity index (χ4n) is 3.12. The van der Waals surface area contributed by atoms with E-state index in [0.29, 0.717) is 17.3 Å². The fourth-order valence-corrected chi connectivity index (χ4v) is 3.30. The van der Waals surface area contributed by atoms with Crippen LogP contribution in [-0.2, 0) is 11.3 Å². The van der Waals surface area contributed by atoms with Crippen LogP contribution in [0.15, 0.2) is 54.6 Å². The van der Waals surface area contributed by atoms with Gasteiger partial charge in [-0.2, -0.15) is 0 Å². The Hall–Kier alpha value is -2.08. The number of nitrogens with one attached hydrogen (secondary N) is 1. The van der Waals surface area contributed by atoms with Gasteiger partial charge < -0.3 is 10.1 Å². The lowest BCUT2D eigenvalue weighted by Crippen LogP contribution is -2.48. The molecule has 1 heterocycles. The van der Waals surface area contributed by atoms with Crippen LogP contribution in [0.1, 0.15) is 5.56 Å². The van der Waals surface area contributed by atoms with Gasteiger partial charge in [-0.05, 0) is 23.8 Å². The van der Waals surface area contributed by atoms with Crippen LogP contribution in [0.4, 0.5) is 0 Å². The SMILES string of the molecule is O=C(COc1cccc(Cl)c1)NCCN1CCN(Cc2ccccc2)CC1. The lowest BCUT2D eigenvalue weighted by Gasteiger charge is -2.34. The van der Waals surface area contributed by atoms with Crippen molar-refractivity contribution in [3.8, 4) is 5.75 Å². The van der Waals surface area contributed by atoms with Crippen LogP contribution in [0.5, 0.6) is 5.75 Å². The largest absolute Gasteiger partial charge is 0.484 e. The Bertz CT molecular complexity index is 718. The smallest absolute Gasteiger partial charge is 0.257 e. The molecule has 6 heteroatoms. The normalized spacial score (nSPS) is 15.4. The summed E-state index contributed by atoms with van der Waals surface area (Å²) in [5, 5.41) is 3.51. The molecule has 0 spiro atoms. The molecule has 1 amide bonds. The highest BCUT2D eigenvalue weighted by molar-refractivity contribution is 6.30. The number of hydrogen-bond donors (Lipinski definition) is 1. The van der Waals surface area contributed by atoms with Gasteiger partial charge >= 0.3 is 0 Å². The van der Waals surface area contributed by atoms with Gasteiger partial charge in [0.25, 0.3) is 5.91 Å². The third-order valence-corrected chi connectivity index (χ3v) is 4.87. The van der Waals surface area contributed by atoms with Crippen LogP contribution in [0, 0.1) is 0 Å². The maximum Gasteiger partial charge on any atom is 0.257 e. The highest BCUT2D eigenvalue weighted by Crippen LogP contribution is 2.16. The summed E-state index contributed by atoms with van der Waals surface area (Å²) in [6.45, 7) is 6.68. The van der Waals surface area contributed by atoms with Gasteiger partial charge in [0, 0.05) is 50.8 Å². The van der Waals surface area contributed by atoms with Crippen LogP contribution in [0.2, 0.25) is 5.02 Å². The van der Waals surface area contributed by atoms with E-state index in [1.165, 1.54) is 5.56 Å². The van der Waals surface area contributed by atoms with E-state index in [0.717, 1.165) is 39.3 Å². The number of nitrogens with zero attached hydrogens (tertiary/aromatic N) is 2. The van der Waals surface area contributed by atoms with Crippen LogP contribution >= 0.6 is 11.6 Å². The quantitative estimate of drug-likeness (QED) is 0.756. The first kappa shape index (κ1) is 19.7.